The quantitative estimate of drug-likeness (QED) is 0.849. The average molecular weight is 302 g/mol. The van der Waals surface area contributed by atoms with Crippen LogP contribution in [0.1, 0.15) is 24.0 Å². The molecule has 0 bridgehead atoms. The van der Waals surface area contributed by atoms with Gasteiger partial charge in [0.15, 0.2) is 0 Å². The van der Waals surface area contributed by atoms with Crippen molar-refractivity contribution < 1.29 is 9.59 Å². The first-order valence-electron chi connectivity index (χ1n) is 6.22. The molecule has 2 amide bonds. The predicted octanol–water partition coefficient (Wildman–Crippen LogP) is 1.16. The molecule has 0 spiro atoms. The fraction of sp³-hybridized carbons (Fsp3) is 0.583. The van der Waals surface area contributed by atoms with Crippen molar-refractivity contribution in [3.8, 4) is 0 Å². The van der Waals surface area contributed by atoms with E-state index in [2.05, 4.69) is 10.3 Å². The molecule has 19 heavy (non-hydrogen) atoms. The molecule has 1 aromatic heterocycles. The highest BCUT2D eigenvalue weighted by atomic mass is 35.5. The standard InChI is InChI=1S/C12H16ClN3O2S/c1-2-9-12(18)14-3-4-16(9)11(17)5-10-15-8(6-13)7-19-10/h7,9H,2-6H2,1H3,(H,14,18). The predicted molar refractivity (Wildman–Crippen MR) is 74.2 cm³/mol. The smallest absolute Gasteiger partial charge is 0.242 e. The van der Waals surface area contributed by atoms with Gasteiger partial charge in [-0.25, -0.2) is 4.98 Å². The van der Waals surface area contributed by atoms with Gasteiger partial charge in [-0.1, -0.05) is 6.92 Å². The van der Waals surface area contributed by atoms with Gasteiger partial charge in [-0.3, -0.25) is 9.59 Å². The van der Waals surface area contributed by atoms with Gasteiger partial charge in [0.2, 0.25) is 11.8 Å². The van der Waals surface area contributed by atoms with Gasteiger partial charge in [0.05, 0.1) is 18.0 Å². The SMILES string of the molecule is CCC1C(=O)NCCN1C(=O)Cc1nc(CCl)cs1. The van der Waals surface area contributed by atoms with Crippen LogP contribution in [0, 0.1) is 0 Å². The number of nitrogens with one attached hydrogen (secondary N) is 1. The normalized spacial score (nSPS) is 19.4. The van der Waals surface area contributed by atoms with Crippen molar-refractivity contribution in [1.29, 1.82) is 0 Å². The summed E-state index contributed by atoms with van der Waals surface area (Å²) in [5.41, 5.74) is 0.790. The Labute approximate surface area is 121 Å². The number of nitrogens with zero attached hydrogens (tertiary/aromatic N) is 2. The summed E-state index contributed by atoms with van der Waals surface area (Å²) in [5.74, 6) is 0.244. The third-order valence-electron chi connectivity index (χ3n) is 3.08. The number of carbonyl (C=O) groups is 2. The first-order valence-corrected chi connectivity index (χ1v) is 7.63. The number of hydrogen-bond donors (Lipinski definition) is 1. The number of alkyl halides is 1. The van der Waals surface area contributed by atoms with Crippen LogP contribution in [0.5, 0.6) is 0 Å². The molecule has 1 fully saturated rings. The Kier molecular flexibility index (Phi) is 4.76. The molecule has 0 aromatic carbocycles. The van der Waals surface area contributed by atoms with Crippen LogP contribution in [0.3, 0.4) is 0 Å². The number of rotatable bonds is 4. The van der Waals surface area contributed by atoms with E-state index in [1.54, 1.807) is 4.90 Å². The second kappa shape index (κ2) is 6.34. The maximum absolute atomic E-state index is 12.3. The summed E-state index contributed by atoms with van der Waals surface area (Å²) in [6.45, 7) is 2.99. The molecule has 1 N–H and O–H groups in total. The molecule has 1 unspecified atom stereocenters. The van der Waals surface area contributed by atoms with Gasteiger partial charge >= 0.3 is 0 Å². The number of halogens is 1. The molecule has 2 rings (SSSR count). The Morgan fingerprint density at radius 2 is 2.47 bits per heavy atom. The lowest BCUT2D eigenvalue weighted by Crippen LogP contribution is -2.57. The molecule has 2 heterocycles. The molecule has 0 radical (unpaired) electrons. The molecule has 1 atom stereocenters. The molecule has 5 nitrogen and oxygen atoms in total. The zero-order valence-corrected chi connectivity index (χ0v) is 12.3. The number of thiazole rings is 1. The van der Waals surface area contributed by atoms with Gasteiger partial charge in [-0.05, 0) is 6.42 Å². The van der Waals surface area contributed by atoms with E-state index in [0.717, 1.165) is 10.7 Å². The van der Waals surface area contributed by atoms with Gasteiger partial charge in [0, 0.05) is 18.5 Å². The molecule has 0 aliphatic carbocycles. The zero-order chi connectivity index (χ0) is 13.8. The molecular formula is C12H16ClN3O2S. The third kappa shape index (κ3) is 3.25. The van der Waals surface area contributed by atoms with E-state index in [4.69, 9.17) is 11.6 Å². The maximum Gasteiger partial charge on any atom is 0.242 e. The van der Waals surface area contributed by atoms with Gasteiger partial charge in [0.1, 0.15) is 11.0 Å². The van der Waals surface area contributed by atoms with Crippen molar-refractivity contribution in [2.75, 3.05) is 13.1 Å². The lowest BCUT2D eigenvalue weighted by molar-refractivity contribution is -0.142. The highest BCUT2D eigenvalue weighted by Gasteiger charge is 2.31. The van der Waals surface area contributed by atoms with Crippen molar-refractivity contribution in [1.82, 2.24) is 15.2 Å². The van der Waals surface area contributed by atoms with E-state index in [9.17, 15) is 9.59 Å². The molecule has 104 valence electrons. The van der Waals surface area contributed by atoms with Crippen LogP contribution < -0.4 is 5.32 Å². The Hall–Kier alpha value is -1.14. The minimum Gasteiger partial charge on any atom is -0.353 e. The first-order chi connectivity index (χ1) is 9.15. The van der Waals surface area contributed by atoms with Gasteiger partial charge in [0.25, 0.3) is 0 Å². The fourth-order valence-electron chi connectivity index (χ4n) is 2.14. The summed E-state index contributed by atoms with van der Waals surface area (Å²) >= 11 is 7.12. The summed E-state index contributed by atoms with van der Waals surface area (Å²) < 4.78 is 0. The zero-order valence-electron chi connectivity index (χ0n) is 10.7. The van der Waals surface area contributed by atoms with Crippen LogP contribution in [0.2, 0.25) is 0 Å². The fourth-order valence-corrected chi connectivity index (χ4v) is 3.15. The number of hydrogen-bond acceptors (Lipinski definition) is 4. The van der Waals surface area contributed by atoms with E-state index in [1.807, 2.05) is 12.3 Å². The molecule has 1 aromatic rings. The molecule has 1 aliphatic heterocycles. The summed E-state index contributed by atoms with van der Waals surface area (Å²) in [4.78, 5) is 29.9. The second-order valence-electron chi connectivity index (χ2n) is 4.35. The molecule has 0 saturated carbocycles. The third-order valence-corrected chi connectivity index (χ3v) is 4.25. The van der Waals surface area contributed by atoms with E-state index < -0.39 is 0 Å². The Morgan fingerprint density at radius 1 is 1.68 bits per heavy atom. The van der Waals surface area contributed by atoms with Gasteiger partial charge in [-0.15, -0.1) is 22.9 Å². The summed E-state index contributed by atoms with van der Waals surface area (Å²) in [7, 11) is 0. The molecule has 7 heteroatoms. The van der Waals surface area contributed by atoms with Crippen LogP contribution in [-0.4, -0.2) is 40.8 Å². The van der Waals surface area contributed by atoms with Gasteiger partial charge in [-0.2, -0.15) is 0 Å². The van der Waals surface area contributed by atoms with Gasteiger partial charge < -0.3 is 10.2 Å². The number of aromatic nitrogens is 1. The van der Waals surface area contributed by atoms with Crippen LogP contribution in [0.25, 0.3) is 0 Å². The maximum atomic E-state index is 12.3. The lowest BCUT2D eigenvalue weighted by Gasteiger charge is -2.34. The Morgan fingerprint density at radius 3 is 3.11 bits per heavy atom. The summed E-state index contributed by atoms with van der Waals surface area (Å²) in [5, 5.41) is 5.39. The Balaban J connectivity index is 2.03. The van der Waals surface area contributed by atoms with E-state index in [-0.39, 0.29) is 24.3 Å². The van der Waals surface area contributed by atoms with E-state index in [0.29, 0.717) is 25.4 Å². The average Bonchev–Trinajstić information content (AvgIpc) is 2.86. The number of carbonyl (C=O) groups excluding carboxylic acids is 2. The van der Waals surface area contributed by atoms with Crippen LogP contribution in [0.15, 0.2) is 5.38 Å². The van der Waals surface area contributed by atoms with Crippen molar-refractivity contribution in [2.45, 2.75) is 31.7 Å². The van der Waals surface area contributed by atoms with Crippen LogP contribution >= 0.6 is 22.9 Å². The largest absolute Gasteiger partial charge is 0.353 e. The topological polar surface area (TPSA) is 62.3 Å². The van der Waals surface area contributed by atoms with Crippen molar-refractivity contribution in [3.63, 3.8) is 0 Å². The highest BCUT2D eigenvalue weighted by Crippen LogP contribution is 2.15. The monoisotopic (exact) mass is 301 g/mol. The molecule has 1 aliphatic rings. The molecule has 1 saturated heterocycles. The second-order valence-corrected chi connectivity index (χ2v) is 5.56. The molecular weight excluding hydrogens is 286 g/mol. The van der Waals surface area contributed by atoms with Crippen molar-refractivity contribution in [3.05, 3.63) is 16.1 Å². The first kappa shape index (κ1) is 14.3. The van der Waals surface area contributed by atoms with Crippen molar-refractivity contribution >= 4 is 34.8 Å². The van der Waals surface area contributed by atoms with E-state index >= 15 is 0 Å². The minimum atomic E-state index is -0.353. The van der Waals surface area contributed by atoms with E-state index in [1.165, 1.54) is 11.3 Å². The van der Waals surface area contributed by atoms with Crippen LogP contribution in [-0.2, 0) is 21.9 Å². The number of amides is 2. The summed E-state index contributed by atoms with van der Waals surface area (Å²) in [6, 6.07) is -0.353. The highest BCUT2D eigenvalue weighted by molar-refractivity contribution is 7.09. The Bertz CT molecular complexity index is 477. The number of piperazine rings is 1. The summed E-state index contributed by atoms with van der Waals surface area (Å²) in [6.07, 6.45) is 0.869. The van der Waals surface area contributed by atoms with Crippen LogP contribution in [0.4, 0.5) is 0 Å². The lowest BCUT2D eigenvalue weighted by atomic mass is 10.1. The van der Waals surface area contributed by atoms with Crippen molar-refractivity contribution in [2.24, 2.45) is 0 Å². The minimum absolute atomic E-state index is 0.0443.